The Bertz CT molecular complexity index is 911. The third kappa shape index (κ3) is 4.18. The van der Waals surface area contributed by atoms with Gasteiger partial charge in [0.25, 0.3) is 5.91 Å². The number of nitrogens with zero attached hydrogens (tertiary/aromatic N) is 4. The number of piperazine rings is 1. The molecule has 1 atom stereocenters. The molecule has 0 unspecified atom stereocenters. The van der Waals surface area contributed by atoms with Crippen LogP contribution in [0.25, 0.3) is 0 Å². The van der Waals surface area contributed by atoms with Crippen LogP contribution in [-0.4, -0.2) is 64.8 Å². The molecule has 9 heteroatoms. The predicted octanol–water partition coefficient (Wildman–Crippen LogP) is 0.656. The van der Waals surface area contributed by atoms with Crippen molar-refractivity contribution in [1.29, 1.82) is 0 Å². The van der Waals surface area contributed by atoms with Gasteiger partial charge in [-0.3, -0.25) is 19.4 Å². The highest BCUT2D eigenvalue weighted by Crippen LogP contribution is 2.19. The molecule has 3 heterocycles. The molecule has 0 saturated carbocycles. The van der Waals surface area contributed by atoms with Gasteiger partial charge in [-0.1, -0.05) is 12.1 Å². The van der Waals surface area contributed by atoms with Crippen molar-refractivity contribution < 1.29 is 14.4 Å². The number of anilines is 2. The molecule has 2 aliphatic rings. The van der Waals surface area contributed by atoms with Gasteiger partial charge in [-0.2, -0.15) is 0 Å². The van der Waals surface area contributed by atoms with Crippen molar-refractivity contribution in [2.75, 3.05) is 36.4 Å². The van der Waals surface area contributed by atoms with E-state index in [1.54, 1.807) is 47.8 Å². The maximum Gasteiger partial charge on any atom is 0.254 e. The summed E-state index contributed by atoms with van der Waals surface area (Å²) in [5, 5.41) is 5.49. The fourth-order valence-electron chi connectivity index (χ4n) is 3.58. The Morgan fingerprint density at radius 1 is 1.10 bits per heavy atom. The summed E-state index contributed by atoms with van der Waals surface area (Å²) < 4.78 is 0. The first-order valence-electron chi connectivity index (χ1n) is 9.61. The van der Waals surface area contributed by atoms with E-state index in [0.29, 0.717) is 37.4 Å². The summed E-state index contributed by atoms with van der Waals surface area (Å²) in [6.07, 6.45) is 5.44. The van der Waals surface area contributed by atoms with Gasteiger partial charge in [0, 0.05) is 45.0 Å². The Labute approximate surface area is 168 Å². The summed E-state index contributed by atoms with van der Waals surface area (Å²) in [5.41, 5.74) is 0.916. The van der Waals surface area contributed by atoms with Crippen molar-refractivity contribution in [1.82, 2.24) is 20.2 Å². The van der Waals surface area contributed by atoms with E-state index < -0.39 is 6.04 Å². The first-order chi connectivity index (χ1) is 14.1. The van der Waals surface area contributed by atoms with Gasteiger partial charge >= 0.3 is 0 Å². The van der Waals surface area contributed by atoms with Crippen LogP contribution in [0.4, 0.5) is 11.5 Å². The minimum Gasteiger partial charge on any atom is -0.352 e. The highest BCUT2D eigenvalue weighted by Gasteiger charge is 2.29. The third-order valence-corrected chi connectivity index (χ3v) is 5.20. The Balaban J connectivity index is 1.30. The molecule has 29 heavy (non-hydrogen) atoms. The van der Waals surface area contributed by atoms with E-state index in [0.717, 1.165) is 5.82 Å². The fraction of sp³-hybridized carbons (Fsp3) is 0.350. The maximum absolute atomic E-state index is 12.6. The molecule has 1 fully saturated rings. The first kappa shape index (κ1) is 18.9. The van der Waals surface area contributed by atoms with Crippen molar-refractivity contribution >= 4 is 29.2 Å². The van der Waals surface area contributed by atoms with Crippen molar-refractivity contribution in [2.24, 2.45) is 0 Å². The molecular weight excluding hydrogens is 372 g/mol. The monoisotopic (exact) mass is 394 g/mol. The lowest BCUT2D eigenvalue weighted by atomic mass is 10.1. The minimum atomic E-state index is -0.736. The Morgan fingerprint density at radius 3 is 2.66 bits per heavy atom. The SMILES string of the molecule is O=C1N[C@H](CCC(=O)N2CCN(c3cnccn3)CC2)C(=O)Nc2ccccc21. The molecule has 1 aromatic carbocycles. The van der Waals surface area contributed by atoms with E-state index in [1.807, 2.05) is 0 Å². The van der Waals surface area contributed by atoms with Crippen LogP contribution in [0.5, 0.6) is 0 Å². The average Bonchev–Trinajstić information content (AvgIpc) is 2.88. The Kier molecular flexibility index (Phi) is 5.37. The van der Waals surface area contributed by atoms with E-state index in [2.05, 4.69) is 25.5 Å². The second-order valence-electron chi connectivity index (χ2n) is 7.03. The number of rotatable bonds is 4. The van der Waals surface area contributed by atoms with E-state index >= 15 is 0 Å². The zero-order valence-corrected chi connectivity index (χ0v) is 15.9. The number of para-hydroxylation sites is 1. The smallest absolute Gasteiger partial charge is 0.254 e. The number of nitrogens with one attached hydrogen (secondary N) is 2. The van der Waals surface area contributed by atoms with Crippen LogP contribution < -0.4 is 15.5 Å². The quantitative estimate of drug-likeness (QED) is 0.789. The van der Waals surface area contributed by atoms with Crippen LogP contribution in [0, 0.1) is 0 Å². The molecule has 2 N–H and O–H groups in total. The number of aromatic nitrogens is 2. The topological polar surface area (TPSA) is 108 Å². The number of hydrogen-bond acceptors (Lipinski definition) is 6. The summed E-state index contributed by atoms with van der Waals surface area (Å²) in [4.78, 5) is 49.7. The fourth-order valence-corrected chi connectivity index (χ4v) is 3.58. The van der Waals surface area contributed by atoms with Crippen LogP contribution in [0.2, 0.25) is 0 Å². The zero-order valence-electron chi connectivity index (χ0n) is 15.9. The van der Waals surface area contributed by atoms with Crippen LogP contribution >= 0.6 is 0 Å². The van der Waals surface area contributed by atoms with Crippen molar-refractivity contribution in [3.63, 3.8) is 0 Å². The number of hydrogen-bond donors (Lipinski definition) is 2. The summed E-state index contributed by atoms with van der Waals surface area (Å²) in [5.74, 6) is 0.169. The molecule has 0 radical (unpaired) electrons. The molecule has 9 nitrogen and oxygen atoms in total. The lowest BCUT2D eigenvalue weighted by molar-refractivity contribution is -0.131. The normalized spacial score (nSPS) is 19.1. The number of carbonyl (C=O) groups excluding carboxylic acids is 3. The summed E-state index contributed by atoms with van der Waals surface area (Å²) in [6, 6.07) is 6.12. The Morgan fingerprint density at radius 2 is 1.90 bits per heavy atom. The molecule has 2 aromatic rings. The molecule has 0 bridgehead atoms. The van der Waals surface area contributed by atoms with Crippen molar-refractivity contribution in [3.05, 3.63) is 48.4 Å². The second kappa shape index (κ2) is 8.26. The first-order valence-corrected chi connectivity index (χ1v) is 9.61. The number of amides is 3. The predicted molar refractivity (Wildman–Crippen MR) is 106 cm³/mol. The Hall–Kier alpha value is -3.49. The summed E-state index contributed by atoms with van der Waals surface area (Å²) in [7, 11) is 0. The summed E-state index contributed by atoms with van der Waals surface area (Å²) >= 11 is 0. The van der Waals surface area contributed by atoms with Gasteiger partial charge in [-0.15, -0.1) is 0 Å². The van der Waals surface area contributed by atoms with Gasteiger partial charge in [0.15, 0.2) is 0 Å². The molecule has 0 spiro atoms. The average molecular weight is 394 g/mol. The van der Waals surface area contributed by atoms with Gasteiger partial charge < -0.3 is 20.4 Å². The lowest BCUT2D eigenvalue weighted by Gasteiger charge is -2.35. The van der Waals surface area contributed by atoms with E-state index in [1.165, 1.54) is 0 Å². The van der Waals surface area contributed by atoms with Gasteiger partial charge in [0.1, 0.15) is 11.9 Å². The largest absolute Gasteiger partial charge is 0.352 e. The maximum atomic E-state index is 12.6. The zero-order chi connectivity index (χ0) is 20.2. The number of carbonyl (C=O) groups is 3. The van der Waals surface area contributed by atoms with Crippen LogP contribution in [0.15, 0.2) is 42.9 Å². The third-order valence-electron chi connectivity index (χ3n) is 5.20. The van der Waals surface area contributed by atoms with Crippen molar-refractivity contribution in [2.45, 2.75) is 18.9 Å². The van der Waals surface area contributed by atoms with Gasteiger partial charge in [-0.25, -0.2) is 4.98 Å². The molecule has 4 rings (SSSR count). The molecule has 1 aromatic heterocycles. The summed E-state index contributed by atoms with van der Waals surface area (Å²) in [6.45, 7) is 2.54. The highest BCUT2D eigenvalue weighted by atomic mass is 16.2. The standard InChI is InChI=1S/C20H22N6O3/c27-18(26-11-9-25(10-12-26)17-13-21-7-8-22-17)6-5-16-20(29)23-15-4-2-1-3-14(15)19(28)24-16/h1-4,7-8,13,16H,5-6,9-12H2,(H,23,29)(H,24,28)/t16-/m1/s1. The van der Waals surface area contributed by atoms with Gasteiger partial charge in [0.2, 0.25) is 11.8 Å². The molecule has 2 aliphatic heterocycles. The van der Waals surface area contributed by atoms with Crippen LogP contribution in [0.1, 0.15) is 23.2 Å². The second-order valence-corrected chi connectivity index (χ2v) is 7.03. The van der Waals surface area contributed by atoms with E-state index in [-0.39, 0.29) is 30.6 Å². The highest BCUT2D eigenvalue weighted by molar-refractivity contribution is 6.09. The number of fused-ring (bicyclic) bond motifs is 1. The van der Waals surface area contributed by atoms with E-state index in [9.17, 15) is 14.4 Å². The van der Waals surface area contributed by atoms with E-state index in [4.69, 9.17) is 0 Å². The van der Waals surface area contributed by atoms with Crippen molar-refractivity contribution in [3.8, 4) is 0 Å². The van der Waals surface area contributed by atoms with Crippen LogP contribution in [0.3, 0.4) is 0 Å². The van der Waals surface area contributed by atoms with Gasteiger partial charge in [0.05, 0.1) is 17.4 Å². The van der Waals surface area contributed by atoms with Crippen LogP contribution in [-0.2, 0) is 9.59 Å². The molecule has 0 aliphatic carbocycles. The lowest BCUT2D eigenvalue weighted by Crippen LogP contribution is -2.49. The minimum absolute atomic E-state index is 0.0207. The molecular formula is C20H22N6O3. The molecule has 150 valence electrons. The van der Waals surface area contributed by atoms with Gasteiger partial charge in [-0.05, 0) is 18.6 Å². The number of benzene rings is 1. The molecule has 1 saturated heterocycles. The molecule has 3 amide bonds.